The average molecular weight is 549 g/mol. The molecule has 38 heavy (non-hydrogen) atoms. The van der Waals surface area contributed by atoms with Gasteiger partial charge in [-0.2, -0.15) is 18.3 Å². The van der Waals surface area contributed by atoms with Crippen molar-refractivity contribution in [2.45, 2.75) is 76.2 Å². The van der Waals surface area contributed by atoms with E-state index in [0.717, 1.165) is 10.7 Å². The van der Waals surface area contributed by atoms with Gasteiger partial charge in [0.1, 0.15) is 6.04 Å². The Kier molecular flexibility index (Phi) is 6.83. The van der Waals surface area contributed by atoms with Crippen molar-refractivity contribution < 1.29 is 26.4 Å². The normalized spacial score (nSPS) is 24.5. The Bertz CT molecular complexity index is 1200. The summed E-state index contributed by atoms with van der Waals surface area (Å²) in [5.74, 6) is -0.0157. The van der Waals surface area contributed by atoms with Crippen LogP contribution in [0.2, 0.25) is 5.04 Å². The van der Waals surface area contributed by atoms with Crippen LogP contribution in [0.1, 0.15) is 63.9 Å². The van der Waals surface area contributed by atoms with Gasteiger partial charge in [-0.3, -0.25) is 4.68 Å². The van der Waals surface area contributed by atoms with Gasteiger partial charge in [-0.05, 0) is 53.1 Å². The van der Waals surface area contributed by atoms with Gasteiger partial charge in [-0.15, -0.1) is 0 Å². The molecule has 0 saturated heterocycles. The van der Waals surface area contributed by atoms with Crippen molar-refractivity contribution in [3.8, 4) is 0 Å². The predicted octanol–water partition coefficient (Wildman–Crippen LogP) is 6.80. The third kappa shape index (κ3) is 4.61. The molecule has 0 spiro atoms. The molecule has 9 heteroatoms. The first kappa shape index (κ1) is 27.1. The lowest BCUT2D eigenvalue weighted by Crippen LogP contribution is -2.67. The Balaban J connectivity index is 1.44. The van der Waals surface area contributed by atoms with E-state index in [-0.39, 0.29) is 34.6 Å². The third-order valence-electron chi connectivity index (χ3n) is 8.31. The van der Waals surface area contributed by atoms with Crippen molar-refractivity contribution in [3.05, 3.63) is 78.1 Å². The number of alkyl halides is 5. The van der Waals surface area contributed by atoms with E-state index in [1.54, 1.807) is 0 Å². The molecular weight excluding hydrogens is 515 g/mol. The molecule has 2 aliphatic carbocycles. The van der Waals surface area contributed by atoms with Crippen LogP contribution in [-0.4, -0.2) is 30.6 Å². The van der Waals surface area contributed by atoms with Gasteiger partial charge in [0.25, 0.3) is 14.7 Å². The fourth-order valence-electron chi connectivity index (χ4n) is 6.50. The molecule has 2 aliphatic rings. The maximum atomic E-state index is 13.5. The summed E-state index contributed by atoms with van der Waals surface area (Å²) >= 11 is 0. The monoisotopic (exact) mass is 548 g/mol. The molecule has 0 radical (unpaired) electrons. The van der Waals surface area contributed by atoms with E-state index >= 15 is 0 Å². The first-order valence-electron chi connectivity index (χ1n) is 13.1. The highest BCUT2D eigenvalue weighted by molar-refractivity contribution is 6.99. The Morgan fingerprint density at radius 1 is 0.895 bits per heavy atom. The summed E-state index contributed by atoms with van der Waals surface area (Å²) in [5.41, 5.74) is -0.839. The maximum Gasteiger partial charge on any atom is 0.435 e. The topological polar surface area (TPSA) is 27.1 Å². The minimum absolute atomic E-state index is 0.0569. The minimum Gasteiger partial charge on any atom is -0.404 e. The fourth-order valence-corrected chi connectivity index (χ4v) is 11.2. The lowest BCUT2D eigenvalue weighted by molar-refractivity contribution is -0.141. The molecule has 0 N–H and O–H groups in total. The van der Waals surface area contributed by atoms with Crippen molar-refractivity contribution in [2.75, 3.05) is 0 Å². The largest absolute Gasteiger partial charge is 0.435 e. The number of benzene rings is 2. The number of rotatable bonds is 7. The molecule has 1 aromatic heterocycles. The molecule has 204 valence electrons. The molecule has 3 unspecified atom stereocenters. The third-order valence-corrected chi connectivity index (χ3v) is 13.4. The van der Waals surface area contributed by atoms with Gasteiger partial charge < -0.3 is 4.43 Å². The average Bonchev–Trinajstić information content (AvgIpc) is 3.20. The molecule has 1 heterocycles. The Morgan fingerprint density at radius 3 is 1.82 bits per heavy atom. The summed E-state index contributed by atoms with van der Waals surface area (Å²) in [7, 11) is -2.75. The Morgan fingerprint density at radius 2 is 1.39 bits per heavy atom. The lowest BCUT2D eigenvalue weighted by atomic mass is 10.1. The number of halogens is 5. The van der Waals surface area contributed by atoms with Crippen LogP contribution in [0.25, 0.3) is 0 Å². The fraction of sp³-hybridized carbons (Fsp3) is 0.483. The molecule has 0 bridgehead atoms. The molecule has 3 atom stereocenters. The van der Waals surface area contributed by atoms with Crippen molar-refractivity contribution in [3.63, 3.8) is 0 Å². The first-order valence-corrected chi connectivity index (χ1v) is 15.0. The van der Waals surface area contributed by atoms with E-state index in [1.165, 1.54) is 17.3 Å². The number of aromatic nitrogens is 2. The molecule has 3 nitrogen and oxygen atoms in total. The van der Waals surface area contributed by atoms with E-state index < -0.39 is 32.7 Å². The smallest absolute Gasteiger partial charge is 0.404 e. The Labute approximate surface area is 221 Å². The molecule has 5 rings (SSSR count). The van der Waals surface area contributed by atoms with E-state index in [1.807, 2.05) is 36.4 Å². The molecule has 3 aromatic rings. The van der Waals surface area contributed by atoms with Crippen LogP contribution < -0.4 is 10.4 Å². The van der Waals surface area contributed by atoms with Gasteiger partial charge in [0.05, 0.1) is 0 Å². The van der Waals surface area contributed by atoms with Crippen LogP contribution in [0.5, 0.6) is 0 Å². The second-order valence-electron chi connectivity index (χ2n) is 11.7. The number of nitrogens with zero attached hydrogens (tertiary/aromatic N) is 2. The highest BCUT2D eigenvalue weighted by atomic mass is 28.4. The molecule has 2 saturated carbocycles. The molecule has 2 fully saturated rings. The van der Waals surface area contributed by atoms with Crippen LogP contribution in [0.15, 0.2) is 66.7 Å². The standard InChI is InChI=1S/C29H33F5N2OSi/c1-18(27(30)31)36-24(17-25(35-36)29(32,33)34)26-22-15-19(16-23(22)26)37-38(28(2,3)4,20-11-7-5-8-12-20)21-13-9-6-10-14-21/h5-14,17-19,22-23,26-27H,15-16H2,1-4H3. The van der Waals surface area contributed by atoms with Crippen LogP contribution >= 0.6 is 0 Å². The van der Waals surface area contributed by atoms with Gasteiger partial charge in [0, 0.05) is 17.7 Å². The highest BCUT2D eigenvalue weighted by Crippen LogP contribution is 2.64. The molecule has 0 amide bonds. The highest BCUT2D eigenvalue weighted by Gasteiger charge is 2.61. The zero-order valence-corrected chi connectivity index (χ0v) is 22.9. The quantitative estimate of drug-likeness (QED) is 0.240. The van der Waals surface area contributed by atoms with Gasteiger partial charge in [0.15, 0.2) is 5.69 Å². The second-order valence-corrected chi connectivity index (χ2v) is 16.0. The zero-order valence-electron chi connectivity index (χ0n) is 21.9. The van der Waals surface area contributed by atoms with E-state index in [0.29, 0.717) is 12.8 Å². The summed E-state index contributed by atoms with van der Waals surface area (Å²) in [5, 5.41) is 5.73. The van der Waals surface area contributed by atoms with Gasteiger partial charge in [-0.25, -0.2) is 8.78 Å². The van der Waals surface area contributed by atoms with Crippen LogP contribution in [0, 0.1) is 11.8 Å². The minimum atomic E-state index is -4.68. The number of hydrogen-bond acceptors (Lipinski definition) is 2. The van der Waals surface area contributed by atoms with E-state index in [2.05, 4.69) is 50.1 Å². The molecule has 2 aromatic carbocycles. The van der Waals surface area contributed by atoms with E-state index in [4.69, 9.17) is 4.43 Å². The molecule has 0 aliphatic heterocycles. The number of hydrogen-bond donors (Lipinski definition) is 0. The van der Waals surface area contributed by atoms with Crippen molar-refractivity contribution in [2.24, 2.45) is 11.8 Å². The van der Waals surface area contributed by atoms with Crippen LogP contribution in [0.4, 0.5) is 22.0 Å². The molecular formula is C29H33F5N2OSi. The second kappa shape index (κ2) is 9.59. The summed E-state index contributed by atoms with van der Waals surface area (Å²) in [6.07, 6.45) is -6.16. The van der Waals surface area contributed by atoms with Gasteiger partial charge >= 0.3 is 6.18 Å². The van der Waals surface area contributed by atoms with Crippen LogP contribution in [-0.2, 0) is 10.6 Å². The van der Waals surface area contributed by atoms with Gasteiger partial charge in [-0.1, -0.05) is 81.4 Å². The van der Waals surface area contributed by atoms with Crippen molar-refractivity contribution >= 4 is 18.7 Å². The first-order chi connectivity index (χ1) is 17.8. The summed E-state index contributed by atoms with van der Waals surface area (Å²) in [6.45, 7) is 7.84. The predicted molar refractivity (Wildman–Crippen MR) is 139 cm³/mol. The zero-order chi connectivity index (χ0) is 27.5. The van der Waals surface area contributed by atoms with Crippen molar-refractivity contribution in [1.82, 2.24) is 9.78 Å². The van der Waals surface area contributed by atoms with E-state index in [9.17, 15) is 22.0 Å². The van der Waals surface area contributed by atoms with Gasteiger partial charge in [0.2, 0.25) is 0 Å². The summed E-state index contributed by atoms with van der Waals surface area (Å²) in [4.78, 5) is 0. The number of fused-ring (bicyclic) bond motifs is 1. The Hall–Kier alpha value is -2.52. The van der Waals surface area contributed by atoms with Crippen molar-refractivity contribution in [1.29, 1.82) is 0 Å². The van der Waals surface area contributed by atoms with Crippen LogP contribution in [0.3, 0.4) is 0 Å². The lowest BCUT2D eigenvalue weighted by Gasteiger charge is -2.45. The summed E-state index contributed by atoms with van der Waals surface area (Å²) < 4.78 is 75.4. The summed E-state index contributed by atoms with van der Waals surface area (Å²) in [6, 6.07) is 20.2. The SMILES string of the molecule is CC(C(F)F)n1nc(C(F)(F)F)cc1C1C2CC(O[Si](c3ccccc3)(c3ccccc3)C(C)(C)C)CC21. The maximum absolute atomic E-state index is 13.5.